The summed E-state index contributed by atoms with van der Waals surface area (Å²) in [4.78, 5) is 24.9. The van der Waals surface area contributed by atoms with Crippen LogP contribution < -0.4 is 0 Å². The fraction of sp³-hybridized carbons (Fsp3) is 0.500. The van der Waals surface area contributed by atoms with Crippen LogP contribution in [0.5, 0.6) is 0 Å². The number of rotatable bonds is 5. The van der Waals surface area contributed by atoms with Crippen molar-refractivity contribution in [1.29, 1.82) is 0 Å². The third-order valence-corrected chi connectivity index (χ3v) is 4.21. The van der Waals surface area contributed by atoms with E-state index in [2.05, 4.69) is 13.8 Å². The quantitative estimate of drug-likeness (QED) is 0.611. The van der Waals surface area contributed by atoms with Crippen molar-refractivity contribution in [2.24, 2.45) is 0 Å². The van der Waals surface area contributed by atoms with E-state index in [9.17, 15) is 9.59 Å². The Morgan fingerprint density at radius 2 is 1.35 bits per heavy atom. The molecule has 106 valence electrons. The molecule has 0 N–H and O–H groups in total. The zero-order valence-corrected chi connectivity index (χ0v) is 12.0. The molecule has 1 saturated heterocycles. The van der Waals surface area contributed by atoms with E-state index < -0.39 is 0 Å². The van der Waals surface area contributed by atoms with E-state index in [0.29, 0.717) is 23.2 Å². The molecule has 2 aliphatic rings. The summed E-state index contributed by atoms with van der Waals surface area (Å²) in [6, 6.07) is 7.79. The second-order valence-electron chi connectivity index (χ2n) is 5.56. The van der Waals surface area contributed by atoms with Crippen molar-refractivity contribution in [3.8, 4) is 0 Å². The van der Waals surface area contributed by atoms with Gasteiger partial charge in [-0.2, -0.15) is 0 Å². The van der Waals surface area contributed by atoms with Gasteiger partial charge in [0.25, 0.3) is 11.8 Å². The summed E-state index contributed by atoms with van der Waals surface area (Å²) in [5, 5.41) is 3.38. The molecule has 0 saturated carbocycles. The first-order valence-corrected chi connectivity index (χ1v) is 7.46. The Morgan fingerprint density at radius 3 is 1.75 bits per heavy atom. The van der Waals surface area contributed by atoms with Crippen LogP contribution in [-0.2, 0) is 0 Å². The Morgan fingerprint density at radius 1 is 0.900 bits per heavy atom. The first-order valence-electron chi connectivity index (χ1n) is 7.46. The molecule has 4 heteroatoms. The van der Waals surface area contributed by atoms with Crippen LogP contribution in [0.1, 0.15) is 60.2 Å². The SMILES string of the molecule is CCC[C@@H]1[C@H](CCC)N1N1C(=O)c2ccccc2C1=O. The second kappa shape index (κ2) is 5.02. The minimum absolute atomic E-state index is 0.162. The number of fused-ring (bicyclic) bond motifs is 1. The molecule has 0 spiro atoms. The summed E-state index contributed by atoms with van der Waals surface area (Å²) < 4.78 is 0. The van der Waals surface area contributed by atoms with Crippen molar-refractivity contribution in [2.75, 3.05) is 0 Å². The fourth-order valence-electron chi connectivity index (χ4n) is 3.24. The maximum absolute atomic E-state index is 12.5. The average molecular weight is 272 g/mol. The molecule has 2 amide bonds. The lowest BCUT2D eigenvalue weighted by Crippen LogP contribution is -2.37. The maximum Gasteiger partial charge on any atom is 0.276 e. The van der Waals surface area contributed by atoms with Crippen molar-refractivity contribution in [3.05, 3.63) is 35.4 Å². The highest BCUT2D eigenvalue weighted by atomic mass is 16.2. The van der Waals surface area contributed by atoms with Gasteiger partial charge < -0.3 is 0 Å². The number of amides is 2. The van der Waals surface area contributed by atoms with E-state index in [1.165, 1.54) is 5.01 Å². The average Bonchev–Trinajstić information content (AvgIpc) is 3.04. The Bertz CT molecular complexity index is 508. The lowest BCUT2D eigenvalue weighted by atomic mass is 10.1. The lowest BCUT2D eigenvalue weighted by molar-refractivity contribution is 0.0336. The summed E-state index contributed by atoms with van der Waals surface area (Å²) in [6.07, 6.45) is 4.23. The van der Waals surface area contributed by atoms with Crippen molar-refractivity contribution in [2.45, 2.75) is 51.6 Å². The van der Waals surface area contributed by atoms with Gasteiger partial charge in [0.1, 0.15) is 0 Å². The molecule has 1 aromatic carbocycles. The van der Waals surface area contributed by atoms with Crippen LogP contribution in [0.15, 0.2) is 24.3 Å². The van der Waals surface area contributed by atoms with Crippen LogP contribution in [0.2, 0.25) is 0 Å². The van der Waals surface area contributed by atoms with Gasteiger partial charge in [-0.15, -0.1) is 0 Å². The highest BCUT2D eigenvalue weighted by Crippen LogP contribution is 2.40. The van der Waals surface area contributed by atoms with Gasteiger partial charge in [-0.1, -0.05) is 38.8 Å². The van der Waals surface area contributed by atoms with Crippen LogP contribution in [0, 0.1) is 0 Å². The monoisotopic (exact) mass is 272 g/mol. The molecule has 2 aliphatic heterocycles. The Labute approximate surface area is 119 Å². The molecule has 0 aliphatic carbocycles. The van der Waals surface area contributed by atoms with E-state index in [-0.39, 0.29) is 11.8 Å². The van der Waals surface area contributed by atoms with E-state index in [1.807, 2.05) is 17.1 Å². The summed E-state index contributed by atoms with van der Waals surface area (Å²) >= 11 is 0. The molecule has 1 unspecified atom stereocenters. The first kappa shape index (κ1) is 13.3. The molecule has 1 fully saturated rings. The number of benzene rings is 1. The third kappa shape index (κ3) is 1.86. The molecule has 1 aromatic rings. The number of hydrogen-bond donors (Lipinski definition) is 0. The van der Waals surface area contributed by atoms with Crippen LogP contribution in [0.3, 0.4) is 0 Å². The maximum atomic E-state index is 12.5. The fourth-order valence-corrected chi connectivity index (χ4v) is 3.24. The molecule has 4 nitrogen and oxygen atoms in total. The Hall–Kier alpha value is -1.68. The highest BCUT2D eigenvalue weighted by molar-refractivity contribution is 6.21. The van der Waals surface area contributed by atoms with Gasteiger partial charge in [-0.25, -0.2) is 10.0 Å². The molecule has 0 radical (unpaired) electrons. The Kier molecular flexibility index (Phi) is 3.34. The van der Waals surface area contributed by atoms with Gasteiger partial charge in [0, 0.05) is 12.1 Å². The molecule has 3 rings (SSSR count). The molecule has 3 atom stereocenters. The zero-order valence-electron chi connectivity index (χ0n) is 12.0. The van der Waals surface area contributed by atoms with Crippen molar-refractivity contribution >= 4 is 11.8 Å². The van der Waals surface area contributed by atoms with Gasteiger partial charge in [0.2, 0.25) is 0 Å². The van der Waals surface area contributed by atoms with Crippen molar-refractivity contribution in [3.63, 3.8) is 0 Å². The number of imide groups is 1. The highest BCUT2D eigenvalue weighted by Gasteiger charge is 2.55. The summed E-state index contributed by atoms with van der Waals surface area (Å²) in [7, 11) is 0. The molecule has 0 bridgehead atoms. The number of carbonyl (C=O) groups is 2. The summed E-state index contributed by atoms with van der Waals surface area (Å²) in [5.41, 5.74) is 1.07. The number of carbonyl (C=O) groups excluding carboxylic acids is 2. The van der Waals surface area contributed by atoms with Crippen molar-refractivity contribution in [1.82, 2.24) is 10.0 Å². The van der Waals surface area contributed by atoms with Crippen LogP contribution in [0.25, 0.3) is 0 Å². The third-order valence-electron chi connectivity index (χ3n) is 4.21. The topological polar surface area (TPSA) is 40.4 Å². The van der Waals surface area contributed by atoms with E-state index in [4.69, 9.17) is 0 Å². The molecule has 20 heavy (non-hydrogen) atoms. The predicted molar refractivity (Wildman–Crippen MR) is 76.2 cm³/mol. The number of hydrogen-bond acceptors (Lipinski definition) is 3. The molecule has 0 aromatic heterocycles. The Balaban J connectivity index is 1.86. The predicted octanol–water partition coefficient (Wildman–Crippen LogP) is 2.85. The van der Waals surface area contributed by atoms with Gasteiger partial charge in [-0.05, 0) is 25.0 Å². The van der Waals surface area contributed by atoms with Gasteiger partial charge in [-0.3, -0.25) is 9.59 Å². The normalized spacial score (nSPS) is 27.9. The van der Waals surface area contributed by atoms with E-state index >= 15 is 0 Å². The second-order valence-corrected chi connectivity index (χ2v) is 5.56. The standard InChI is InChI=1S/C16H20N2O2/c1-3-7-13-14(8-4-2)17(13)18-15(19)11-9-5-6-10-12(11)16(18)20/h5-6,9-10,13-14H,3-4,7-8H2,1-2H3/t13-,14+,17?. The van der Waals surface area contributed by atoms with Crippen LogP contribution in [0.4, 0.5) is 0 Å². The summed E-state index contributed by atoms with van der Waals surface area (Å²) in [6.45, 7) is 4.28. The smallest absolute Gasteiger partial charge is 0.267 e. The largest absolute Gasteiger partial charge is 0.276 e. The van der Waals surface area contributed by atoms with E-state index in [0.717, 1.165) is 25.7 Å². The molecular formula is C16H20N2O2. The van der Waals surface area contributed by atoms with Gasteiger partial charge >= 0.3 is 0 Å². The zero-order chi connectivity index (χ0) is 14.3. The van der Waals surface area contributed by atoms with Crippen LogP contribution in [-0.4, -0.2) is 33.9 Å². The first-order chi connectivity index (χ1) is 9.70. The molecule has 2 heterocycles. The minimum Gasteiger partial charge on any atom is -0.267 e. The van der Waals surface area contributed by atoms with Crippen LogP contribution >= 0.6 is 0 Å². The summed E-state index contributed by atoms with van der Waals surface area (Å²) in [5.74, 6) is -0.324. The minimum atomic E-state index is -0.162. The van der Waals surface area contributed by atoms with Crippen molar-refractivity contribution < 1.29 is 9.59 Å². The number of hydrazine groups is 1. The number of nitrogens with zero attached hydrogens (tertiary/aromatic N) is 2. The molecular weight excluding hydrogens is 252 g/mol. The van der Waals surface area contributed by atoms with Gasteiger partial charge in [0.15, 0.2) is 0 Å². The lowest BCUT2D eigenvalue weighted by Gasteiger charge is -2.16. The van der Waals surface area contributed by atoms with E-state index in [1.54, 1.807) is 12.1 Å². The van der Waals surface area contributed by atoms with Gasteiger partial charge in [0.05, 0.1) is 11.1 Å².